The van der Waals surface area contributed by atoms with Crippen molar-refractivity contribution in [2.45, 2.75) is 45.6 Å². The summed E-state index contributed by atoms with van der Waals surface area (Å²) in [5, 5.41) is 9.84. The lowest BCUT2D eigenvalue weighted by molar-refractivity contribution is -0.137. The molecule has 0 saturated heterocycles. The van der Waals surface area contributed by atoms with E-state index in [2.05, 4.69) is 4.85 Å². The smallest absolute Gasteiger partial charge is 0.303 e. The molecule has 0 spiro atoms. The highest BCUT2D eigenvalue weighted by Crippen LogP contribution is 2.32. The summed E-state index contributed by atoms with van der Waals surface area (Å²) in [6.07, 6.45) is 2.56. The molecule has 1 heterocycles. The number of carbonyl (C=O) groups is 2. The van der Waals surface area contributed by atoms with Crippen molar-refractivity contribution in [2.75, 3.05) is 6.61 Å². The molecule has 33 heavy (non-hydrogen) atoms. The SMILES string of the molecule is [C-]#[N+]c1ccc2c(c1)c(C(=O)C[C@H](C)CC(=O)O)c(CCCCOCc1ccccc1)n2C. The number of carboxylic acid groups (broad SMARTS) is 1. The molecule has 0 saturated carbocycles. The van der Waals surface area contributed by atoms with E-state index in [0.717, 1.165) is 35.0 Å². The normalized spacial score (nSPS) is 11.9. The first-order valence-electron chi connectivity index (χ1n) is 11.3. The van der Waals surface area contributed by atoms with Gasteiger partial charge in [0.05, 0.1) is 13.2 Å². The third-order valence-corrected chi connectivity index (χ3v) is 5.83. The molecule has 172 valence electrons. The molecule has 1 atom stereocenters. The van der Waals surface area contributed by atoms with Crippen LogP contribution in [0.15, 0.2) is 48.5 Å². The van der Waals surface area contributed by atoms with Gasteiger partial charge in [-0.3, -0.25) is 9.59 Å². The highest BCUT2D eigenvalue weighted by molar-refractivity contribution is 6.10. The number of carbonyl (C=O) groups excluding carboxylic acids is 1. The summed E-state index contributed by atoms with van der Waals surface area (Å²) in [4.78, 5) is 27.8. The van der Waals surface area contributed by atoms with E-state index in [-0.39, 0.29) is 24.5 Å². The Morgan fingerprint density at radius 2 is 1.88 bits per heavy atom. The van der Waals surface area contributed by atoms with Gasteiger partial charge < -0.3 is 14.4 Å². The van der Waals surface area contributed by atoms with Gasteiger partial charge in [0.15, 0.2) is 11.5 Å². The molecule has 0 amide bonds. The molecule has 0 radical (unpaired) electrons. The lowest BCUT2D eigenvalue weighted by Gasteiger charge is -2.11. The Bertz CT molecular complexity index is 1160. The van der Waals surface area contributed by atoms with Gasteiger partial charge in [0.25, 0.3) is 0 Å². The fourth-order valence-electron chi connectivity index (χ4n) is 4.21. The van der Waals surface area contributed by atoms with E-state index in [1.807, 2.05) is 48.0 Å². The Balaban J connectivity index is 1.73. The van der Waals surface area contributed by atoms with Crippen LogP contribution in [0.4, 0.5) is 5.69 Å². The van der Waals surface area contributed by atoms with Gasteiger partial charge in [-0.05, 0) is 42.9 Å². The lowest BCUT2D eigenvalue weighted by atomic mass is 9.94. The van der Waals surface area contributed by atoms with E-state index in [4.69, 9.17) is 16.4 Å². The molecule has 6 heteroatoms. The molecule has 1 aromatic heterocycles. The number of nitrogens with zero attached hydrogens (tertiary/aromatic N) is 2. The molecule has 3 rings (SSSR count). The number of ketones is 1. The molecule has 2 aromatic carbocycles. The van der Waals surface area contributed by atoms with Gasteiger partial charge >= 0.3 is 5.97 Å². The minimum atomic E-state index is -0.903. The molecule has 0 bridgehead atoms. The van der Waals surface area contributed by atoms with Gasteiger partial charge in [-0.1, -0.05) is 43.3 Å². The molecular weight excluding hydrogens is 416 g/mol. The summed E-state index contributed by atoms with van der Waals surface area (Å²) < 4.78 is 7.81. The highest BCUT2D eigenvalue weighted by Gasteiger charge is 2.23. The zero-order chi connectivity index (χ0) is 23.8. The van der Waals surface area contributed by atoms with Gasteiger partial charge in [0, 0.05) is 48.7 Å². The number of hydrogen-bond donors (Lipinski definition) is 1. The van der Waals surface area contributed by atoms with Crippen molar-refractivity contribution in [3.05, 3.63) is 76.8 Å². The van der Waals surface area contributed by atoms with Crippen LogP contribution in [0.2, 0.25) is 0 Å². The second-order valence-corrected chi connectivity index (χ2v) is 8.52. The maximum atomic E-state index is 13.3. The van der Waals surface area contributed by atoms with Crippen LogP contribution in [0.3, 0.4) is 0 Å². The van der Waals surface area contributed by atoms with Gasteiger partial charge in [-0.15, -0.1) is 0 Å². The van der Waals surface area contributed by atoms with Crippen LogP contribution in [0.25, 0.3) is 15.7 Å². The number of benzene rings is 2. The van der Waals surface area contributed by atoms with Crippen LogP contribution in [0.5, 0.6) is 0 Å². The number of carboxylic acids is 1. The molecule has 1 N–H and O–H groups in total. The number of unbranched alkanes of at least 4 members (excludes halogenated alkanes) is 1. The zero-order valence-electron chi connectivity index (χ0n) is 19.2. The van der Waals surface area contributed by atoms with Gasteiger partial charge in [0.1, 0.15) is 0 Å². The largest absolute Gasteiger partial charge is 0.481 e. The van der Waals surface area contributed by atoms with Gasteiger partial charge in [0.2, 0.25) is 0 Å². The molecule has 6 nitrogen and oxygen atoms in total. The van der Waals surface area contributed by atoms with E-state index in [9.17, 15) is 9.59 Å². The van der Waals surface area contributed by atoms with Crippen LogP contribution < -0.4 is 0 Å². The summed E-state index contributed by atoms with van der Waals surface area (Å²) in [7, 11) is 1.94. The quantitative estimate of drug-likeness (QED) is 0.212. The Hall–Kier alpha value is -3.43. The van der Waals surface area contributed by atoms with Crippen molar-refractivity contribution in [2.24, 2.45) is 13.0 Å². The van der Waals surface area contributed by atoms with Crippen LogP contribution >= 0.6 is 0 Å². The molecular formula is C27H30N2O4. The summed E-state index contributed by atoms with van der Waals surface area (Å²) in [6, 6.07) is 15.5. The highest BCUT2D eigenvalue weighted by atomic mass is 16.5. The minimum Gasteiger partial charge on any atom is -0.481 e. The number of hydrogen-bond acceptors (Lipinski definition) is 3. The molecule has 3 aromatic rings. The number of rotatable bonds is 12. The van der Waals surface area contributed by atoms with Crippen LogP contribution in [-0.4, -0.2) is 28.0 Å². The third kappa shape index (κ3) is 6.30. The Labute approximate surface area is 194 Å². The maximum Gasteiger partial charge on any atom is 0.303 e. The number of aryl methyl sites for hydroxylation is 1. The predicted octanol–water partition coefficient (Wildman–Crippen LogP) is 5.95. The Kier molecular flexibility index (Phi) is 8.39. The molecule has 0 aliphatic heterocycles. The lowest BCUT2D eigenvalue weighted by Crippen LogP contribution is -2.12. The summed E-state index contributed by atoms with van der Waals surface area (Å²) in [5.41, 5.74) is 4.10. The molecule has 0 fully saturated rings. The van der Waals surface area contributed by atoms with Crippen molar-refractivity contribution >= 4 is 28.3 Å². The predicted molar refractivity (Wildman–Crippen MR) is 129 cm³/mol. The zero-order valence-corrected chi connectivity index (χ0v) is 19.2. The summed E-state index contributed by atoms with van der Waals surface area (Å²) >= 11 is 0. The van der Waals surface area contributed by atoms with Crippen molar-refractivity contribution in [3.8, 4) is 0 Å². The van der Waals surface area contributed by atoms with Crippen molar-refractivity contribution < 1.29 is 19.4 Å². The molecule has 0 unspecified atom stereocenters. The number of aromatic nitrogens is 1. The molecule has 0 aliphatic carbocycles. The second kappa shape index (κ2) is 11.4. The van der Waals surface area contributed by atoms with Crippen LogP contribution in [0.1, 0.15) is 54.2 Å². The fourth-order valence-corrected chi connectivity index (χ4v) is 4.21. The van der Waals surface area contributed by atoms with Crippen LogP contribution in [-0.2, 0) is 29.6 Å². The van der Waals surface area contributed by atoms with E-state index in [1.54, 1.807) is 19.1 Å². The van der Waals surface area contributed by atoms with Gasteiger partial charge in [-0.2, -0.15) is 0 Å². The third-order valence-electron chi connectivity index (χ3n) is 5.83. The van der Waals surface area contributed by atoms with Crippen molar-refractivity contribution in [3.63, 3.8) is 0 Å². The summed E-state index contributed by atoms with van der Waals surface area (Å²) in [5.74, 6) is -1.22. The summed E-state index contributed by atoms with van der Waals surface area (Å²) in [6.45, 7) is 10.3. The average Bonchev–Trinajstić information content (AvgIpc) is 3.07. The van der Waals surface area contributed by atoms with Gasteiger partial charge in [-0.25, -0.2) is 4.85 Å². The maximum absolute atomic E-state index is 13.3. The van der Waals surface area contributed by atoms with Crippen molar-refractivity contribution in [1.82, 2.24) is 4.57 Å². The number of ether oxygens (including phenoxy) is 1. The Morgan fingerprint density at radius 3 is 2.58 bits per heavy atom. The first-order valence-corrected chi connectivity index (χ1v) is 11.3. The van der Waals surface area contributed by atoms with E-state index < -0.39 is 5.97 Å². The average molecular weight is 447 g/mol. The second-order valence-electron chi connectivity index (χ2n) is 8.52. The Morgan fingerprint density at radius 1 is 1.12 bits per heavy atom. The molecule has 0 aliphatic rings. The number of Topliss-reactive ketones (excluding diaryl/α,β-unsaturated/α-hetero) is 1. The van der Waals surface area contributed by atoms with Crippen molar-refractivity contribution in [1.29, 1.82) is 0 Å². The van der Waals surface area contributed by atoms with E-state index >= 15 is 0 Å². The van der Waals surface area contributed by atoms with E-state index in [0.29, 0.717) is 30.9 Å². The topological polar surface area (TPSA) is 72.9 Å². The van der Waals surface area contributed by atoms with Crippen LogP contribution in [0, 0.1) is 12.5 Å². The van der Waals surface area contributed by atoms with E-state index in [1.165, 1.54) is 0 Å². The standard InChI is InChI=1S/C27H30N2O4/c1-19(16-26(31)32)15-25(30)27-22-17-21(28-2)12-13-23(22)29(3)24(27)11-7-8-14-33-18-20-9-5-4-6-10-20/h4-6,9-10,12-13,17,19H,7-8,11,14-16,18H2,1,3H3,(H,31,32)/t19-/m0/s1. The fraction of sp³-hybridized carbons (Fsp3) is 0.370. The number of fused-ring (bicyclic) bond motifs is 1. The first-order chi connectivity index (χ1) is 15.9. The monoisotopic (exact) mass is 446 g/mol. The number of aliphatic carboxylic acids is 1. The minimum absolute atomic E-state index is 0.0438. The first kappa shape index (κ1) is 24.2.